The number of halogens is 1. The number of hydrogen-bond donors (Lipinski definition) is 1. The number of aromatic nitrogens is 1. The average molecular weight is 301 g/mol. The third kappa shape index (κ3) is 4.21. The topological polar surface area (TPSA) is 64.4 Å². The van der Waals surface area contributed by atoms with Crippen LogP contribution in [0.2, 0.25) is 5.15 Å². The van der Waals surface area contributed by atoms with Crippen LogP contribution in [0.1, 0.15) is 37.9 Å². The molecule has 0 atom stereocenters. The van der Waals surface area contributed by atoms with Crippen LogP contribution in [0.25, 0.3) is 0 Å². The van der Waals surface area contributed by atoms with Crippen molar-refractivity contribution in [3.05, 3.63) is 17.0 Å². The van der Waals surface area contributed by atoms with Crippen molar-refractivity contribution in [2.75, 3.05) is 20.3 Å². The van der Waals surface area contributed by atoms with Crippen LogP contribution in [0, 0.1) is 5.41 Å². The van der Waals surface area contributed by atoms with Crippen LogP contribution in [0.15, 0.2) is 10.6 Å². The number of rotatable bonds is 7. The molecule has 1 aromatic rings. The molecule has 0 aliphatic heterocycles. The van der Waals surface area contributed by atoms with Crippen molar-refractivity contribution in [2.45, 2.75) is 38.5 Å². The Labute approximate surface area is 124 Å². The first-order valence-corrected chi connectivity index (χ1v) is 7.38. The average Bonchev–Trinajstić information content (AvgIpc) is 3.04. The zero-order valence-corrected chi connectivity index (χ0v) is 12.5. The lowest BCUT2D eigenvalue weighted by molar-refractivity contribution is -0.121. The highest BCUT2D eigenvalue weighted by Gasteiger charge is 2.34. The van der Waals surface area contributed by atoms with Crippen LogP contribution in [0.4, 0.5) is 0 Å². The molecule has 1 aliphatic carbocycles. The minimum atomic E-state index is 0.0277. The number of ether oxygens (including phenoxy) is 1. The van der Waals surface area contributed by atoms with Gasteiger partial charge in [0.05, 0.1) is 6.61 Å². The van der Waals surface area contributed by atoms with E-state index in [0.717, 1.165) is 12.8 Å². The molecule has 1 fully saturated rings. The number of carbonyl (C=O) groups is 1. The van der Waals surface area contributed by atoms with Crippen molar-refractivity contribution < 1.29 is 14.1 Å². The molecular formula is C14H21ClN2O3. The molecule has 0 spiro atoms. The van der Waals surface area contributed by atoms with Gasteiger partial charge in [0.15, 0.2) is 5.15 Å². The van der Waals surface area contributed by atoms with Gasteiger partial charge < -0.3 is 14.6 Å². The van der Waals surface area contributed by atoms with E-state index in [1.165, 1.54) is 12.8 Å². The van der Waals surface area contributed by atoms with E-state index in [-0.39, 0.29) is 11.3 Å². The quantitative estimate of drug-likeness (QED) is 0.840. The Balaban J connectivity index is 1.73. The van der Waals surface area contributed by atoms with Crippen molar-refractivity contribution in [2.24, 2.45) is 5.41 Å². The summed E-state index contributed by atoms with van der Waals surface area (Å²) in [5.41, 5.74) is 0.125. The highest BCUT2D eigenvalue weighted by molar-refractivity contribution is 6.29. The van der Waals surface area contributed by atoms with Gasteiger partial charge in [-0.1, -0.05) is 29.6 Å². The van der Waals surface area contributed by atoms with E-state index in [0.29, 0.717) is 36.9 Å². The molecule has 0 unspecified atom stereocenters. The fourth-order valence-corrected chi connectivity index (χ4v) is 2.98. The summed E-state index contributed by atoms with van der Waals surface area (Å²) in [6.45, 7) is 1.40. The Bertz CT molecular complexity index is 441. The monoisotopic (exact) mass is 300 g/mol. The molecule has 0 saturated heterocycles. The Morgan fingerprint density at radius 1 is 1.55 bits per heavy atom. The Kier molecular flexibility index (Phi) is 5.43. The first kappa shape index (κ1) is 15.3. The van der Waals surface area contributed by atoms with E-state index in [4.69, 9.17) is 20.9 Å². The van der Waals surface area contributed by atoms with Crippen molar-refractivity contribution >= 4 is 17.5 Å². The van der Waals surface area contributed by atoms with Crippen LogP contribution in [0.5, 0.6) is 0 Å². The van der Waals surface area contributed by atoms with Gasteiger partial charge in [-0.05, 0) is 12.8 Å². The second-order valence-electron chi connectivity index (χ2n) is 5.53. The van der Waals surface area contributed by atoms with E-state index in [1.807, 2.05) is 0 Å². The van der Waals surface area contributed by atoms with Gasteiger partial charge in [0.1, 0.15) is 5.76 Å². The number of nitrogens with zero attached hydrogens (tertiary/aromatic N) is 1. The molecule has 1 heterocycles. The third-order valence-corrected chi connectivity index (χ3v) is 4.08. The van der Waals surface area contributed by atoms with Crippen LogP contribution < -0.4 is 5.32 Å². The third-order valence-electron chi connectivity index (χ3n) is 3.90. The molecule has 6 heteroatoms. The molecule has 5 nitrogen and oxygen atoms in total. The lowest BCUT2D eigenvalue weighted by Crippen LogP contribution is -2.38. The Morgan fingerprint density at radius 2 is 2.30 bits per heavy atom. The maximum absolute atomic E-state index is 11.9. The van der Waals surface area contributed by atoms with E-state index in [1.54, 1.807) is 13.2 Å². The Hall–Kier alpha value is -1.07. The summed E-state index contributed by atoms with van der Waals surface area (Å²) in [6, 6.07) is 1.64. The molecule has 0 radical (unpaired) electrons. The first-order chi connectivity index (χ1) is 9.63. The first-order valence-electron chi connectivity index (χ1n) is 7.00. The van der Waals surface area contributed by atoms with Crippen molar-refractivity contribution in [3.8, 4) is 0 Å². The number of aryl methyl sites for hydroxylation is 1. The second-order valence-corrected chi connectivity index (χ2v) is 5.92. The van der Waals surface area contributed by atoms with E-state index >= 15 is 0 Å². The maximum atomic E-state index is 11.9. The van der Waals surface area contributed by atoms with Gasteiger partial charge in [-0.2, -0.15) is 0 Å². The molecule has 2 rings (SSSR count). The number of hydrogen-bond acceptors (Lipinski definition) is 4. The molecule has 1 N–H and O–H groups in total. The smallest absolute Gasteiger partial charge is 0.220 e. The summed E-state index contributed by atoms with van der Waals surface area (Å²) in [6.07, 6.45) is 5.58. The summed E-state index contributed by atoms with van der Waals surface area (Å²) < 4.78 is 10.3. The molecule has 0 aromatic carbocycles. The largest absolute Gasteiger partial charge is 0.384 e. The zero-order chi connectivity index (χ0) is 14.4. The predicted molar refractivity (Wildman–Crippen MR) is 75.6 cm³/mol. The van der Waals surface area contributed by atoms with Crippen molar-refractivity contribution in [1.82, 2.24) is 10.5 Å². The maximum Gasteiger partial charge on any atom is 0.220 e. The Morgan fingerprint density at radius 3 is 2.90 bits per heavy atom. The minimum Gasteiger partial charge on any atom is -0.384 e. The van der Waals surface area contributed by atoms with Gasteiger partial charge in [0, 0.05) is 38.0 Å². The molecule has 20 heavy (non-hydrogen) atoms. The number of nitrogens with one attached hydrogen (secondary N) is 1. The summed E-state index contributed by atoms with van der Waals surface area (Å²) in [4.78, 5) is 11.9. The highest BCUT2D eigenvalue weighted by Crippen LogP contribution is 2.37. The van der Waals surface area contributed by atoms with Gasteiger partial charge in [0.2, 0.25) is 5.91 Å². The fraction of sp³-hybridized carbons (Fsp3) is 0.714. The highest BCUT2D eigenvalue weighted by atomic mass is 35.5. The SMILES string of the molecule is COCC1(CNC(=O)CCc2cc(Cl)no2)CCCC1. The molecule has 1 amide bonds. The normalized spacial score (nSPS) is 17.3. The molecule has 0 bridgehead atoms. The van der Waals surface area contributed by atoms with Crippen LogP contribution in [-0.2, 0) is 16.0 Å². The van der Waals surface area contributed by atoms with Crippen molar-refractivity contribution in [3.63, 3.8) is 0 Å². The standard InChI is InChI=1S/C14H21ClN2O3/c1-19-10-14(6-2-3-7-14)9-16-13(18)5-4-11-8-12(15)17-20-11/h8H,2-7,9-10H2,1H3,(H,16,18). The van der Waals surface area contributed by atoms with E-state index in [9.17, 15) is 4.79 Å². The number of methoxy groups -OCH3 is 1. The van der Waals surface area contributed by atoms with Gasteiger partial charge in [-0.25, -0.2) is 0 Å². The van der Waals surface area contributed by atoms with Gasteiger partial charge in [0.25, 0.3) is 0 Å². The van der Waals surface area contributed by atoms with E-state index < -0.39 is 0 Å². The van der Waals surface area contributed by atoms with Crippen LogP contribution >= 0.6 is 11.6 Å². The van der Waals surface area contributed by atoms with Crippen LogP contribution in [0.3, 0.4) is 0 Å². The summed E-state index contributed by atoms with van der Waals surface area (Å²) >= 11 is 5.66. The lowest BCUT2D eigenvalue weighted by Gasteiger charge is -2.28. The van der Waals surface area contributed by atoms with E-state index in [2.05, 4.69) is 10.5 Å². The molecule has 1 aromatic heterocycles. The number of carbonyl (C=O) groups excluding carboxylic acids is 1. The lowest BCUT2D eigenvalue weighted by atomic mass is 9.87. The van der Waals surface area contributed by atoms with Gasteiger partial charge >= 0.3 is 0 Å². The molecular weight excluding hydrogens is 280 g/mol. The molecule has 112 valence electrons. The predicted octanol–water partition coefficient (Wildman–Crippen LogP) is 2.58. The zero-order valence-electron chi connectivity index (χ0n) is 11.8. The number of amides is 1. The summed E-state index contributed by atoms with van der Waals surface area (Å²) in [7, 11) is 1.72. The van der Waals surface area contributed by atoms with Gasteiger partial charge in [-0.3, -0.25) is 4.79 Å². The molecule has 1 saturated carbocycles. The van der Waals surface area contributed by atoms with Gasteiger partial charge in [-0.15, -0.1) is 0 Å². The molecule has 1 aliphatic rings. The summed E-state index contributed by atoms with van der Waals surface area (Å²) in [5.74, 6) is 0.664. The fourth-order valence-electron chi connectivity index (χ4n) is 2.82. The van der Waals surface area contributed by atoms with Crippen LogP contribution in [-0.4, -0.2) is 31.3 Å². The minimum absolute atomic E-state index is 0.0277. The van der Waals surface area contributed by atoms with Crippen molar-refractivity contribution in [1.29, 1.82) is 0 Å². The second kappa shape index (κ2) is 7.09. The summed E-state index contributed by atoms with van der Waals surface area (Å²) in [5, 5.41) is 6.92.